The van der Waals surface area contributed by atoms with Crippen LogP contribution < -0.4 is 5.32 Å². The number of nitrogens with zero attached hydrogens (tertiary/aromatic N) is 3. The van der Waals surface area contributed by atoms with Gasteiger partial charge in [0.25, 0.3) is 0 Å². The van der Waals surface area contributed by atoms with E-state index >= 15 is 0 Å². The van der Waals surface area contributed by atoms with Crippen molar-refractivity contribution in [3.05, 3.63) is 46.9 Å². The van der Waals surface area contributed by atoms with Crippen molar-refractivity contribution in [2.45, 2.75) is 39.2 Å². The number of halogens is 1. The van der Waals surface area contributed by atoms with Gasteiger partial charge in [-0.1, -0.05) is 17.3 Å². The number of rotatable bonds is 3. The van der Waals surface area contributed by atoms with E-state index in [0.717, 1.165) is 18.4 Å². The Morgan fingerprint density at radius 3 is 3.00 bits per heavy atom. The van der Waals surface area contributed by atoms with Crippen LogP contribution in [-0.2, 0) is 6.54 Å². The first-order valence-corrected chi connectivity index (χ1v) is 8.11. The number of amides is 2. The van der Waals surface area contributed by atoms with Crippen molar-refractivity contribution in [3.63, 3.8) is 0 Å². The lowest BCUT2D eigenvalue weighted by Crippen LogP contribution is -2.44. The summed E-state index contributed by atoms with van der Waals surface area (Å²) in [6, 6.07) is 4.72. The lowest BCUT2D eigenvalue weighted by Gasteiger charge is -2.31. The molecular formula is C17H21FN4O2. The molecule has 2 amide bonds. The number of urea groups is 1. The first-order valence-electron chi connectivity index (χ1n) is 8.11. The number of piperidine rings is 1. The van der Waals surface area contributed by atoms with Gasteiger partial charge in [0.2, 0.25) is 5.89 Å². The standard InChI is InChI=1S/C17H21FN4O2/c1-11-8-13(5-6-15(11)18)9-19-17(23)22-7-3-4-14(10-22)16-20-12(2)21-24-16/h5-6,8,14H,3-4,7,9-10H2,1-2H3,(H,19,23). The maximum atomic E-state index is 13.3. The molecule has 0 radical (unpaired) electrons. The van der Waals surface area contributed by atoms with E-state index in [4.69, 9.17) is 4.52 Å². The molecule has 128 valence electrons. The molecule has 1 aliphatic rings. The number of hydrogen-bond donors (Lipinski definition) is 1. The number of aryl methyl sites for hydroxylation is 2. The van der Waals surface area contributed by atoms with E-state index < -0.39 is 0 Å². The average Bonchev–Trinajstić information content (AvgIpc) is 3.02. The molecule has 1 aliphatic heterocycles. The van der Waals surface area contributed by atoms with Crippen LogP contribution in [0.3, 0.4) is 0 Å². The molecule has 1 saturated heterocycles. The molecule has 2 aromatic rings. The third-order valence-corrected chi connectivity index (χ3v) is 4.27. The SMILES string of the molecule is Cc1noc(C2CCCN(C(=O)NCc3ccc(F)c(C)c3)C2)n1. The monoisotopic (exact) mass is 332 g/mol. The highest BCUT2D eigenvalue weighted by Gasteiger charge is 2.28. The Morgan fingerprint density at radius 1 is 1.46 bits per heavy atom. The van der Waals surface area contributed by atoms with Gasteiger partial charge in [0.05, 0.1) is 5.92 Å². The Hall–Kier alpha value is -2.44. The molecule has 0 spiro atoms. The number of benzene rings is 1. The van der Waals surface area contributed by atoms with E-state index in [1.807, 2.05) is 0 Å². The molecule has 1 fully saturated rings. The molecule has 1 atom stereocenters. The van der Waals surface area contributed by atoms with E-state index in [-0.39, 0.29) is 17.8 Å². The summed E-state index contributed by atoms with van der Waals surface area (Å²) in [5.74, 6) is 1.05. The number of hydrogen-bond acceptors (Lipinski definition) is 4. The highest BCUT2D eigenvalue weighted by Crippen LogP contribution is 2.25. The summed E-state index contributed by atoms with van der Waals surface area (Å²) < 4.78 is 18.5. The predicted molar refractivity (Wildman–Crippen MR) is 86.0 cm³/mol. The fraction of sp³-hybridized carbons (Fsp3) is 0.471. The van der Waals surface area contributed by atoms with Gasteiger partial charge in [0.15, 0.2) is 5.82 Å². The highest BCUT2D eigenvalue weighted by molar-refractivity contribution is 5.74. The van der Waals surface area contributed by atoms with Crippen molar-refractivity contribution in [1.29, 1.82) is 0 Å². The summed E-state index contributed by atoms with van der Waals surface area (Å²) in [5.41, 5.74) is 1.45. The van der Waals surface area contributed by atoms with Crippen LogP contribution in [0.25, 0.3) is 0 Å². The van der Waals surface area contributed by atoms with Crippen molar-refractivity contribution in [1.82, 2.24) is 20.4 Å². The largest absolute Gasteiger partial charge is 0.339 e. The van der Waals surface area contributed by atoms with Crippen molar-refractivity contribution in [3.8, 4) is 0 Å². The minimum absolute atomic E-state index is 0.0822. The molecule has 1 aromatic carbocycles. The van der Waals surface area contributed by atoms with Gasteiger partial charge in [-0.3, -0.25) is 0 Å². The van der Waals surface area contributed by atoms with Gasteiger partial charge in [-0.2, -0.15) is 4.98 Å². The lowest BCUT2D eigenvalue weighted by molar-refractivity contribution is 0.171. The van der Waals surface area contributed by atoms with Crippen molar-refractivity contribution in [2.75, 3.05) is 13.1 Å². The Balaban J connectivity index is 1.57. The van der Waals surface area contributed by atoms with E-state index in [1.165, 1.54) is 6.07 Å². The third-order valence-electron chi connectivity index (χ3n) is 4.27. The molecule has 1 unspecified atom stereocenters. The molecule has 0 saturated carbocycles. The number of aromatic nitrogens is 2. The summed E-state index contributed by atoms with van der Waals surface area (Å²) in [6.45, 7) is 5.14. The minimum atomic E-state index is -0.237. The minimum Gasteiger partial charge on any atom is -0.339 e. The Bertz CT molecular complexity index is 731. The van der Waals surface area contributed by atoms with E-state index in [2.05, 4.69) is 15.5 Å². The molecular weight excluding hydrogens is 311 g/mol. The molecule has 3 rings (SSSR count). The zero-order valence-electron chi connectivity index (χ0n) is 13.9. The maximum Gasteiger partial charge on any atom is 0.317 e. The molecule has 2 heterocycles. The molecule has 0 aliphatic carbocycles. The molecule has 1 aromatic heterocycles. The van der Waals surface area contributed by atoms with Crippen LogP contribution in [0.2, 0.25) is 0 Å². The van der Waals surface area contributed by atoms with Gasteiger partial charge in [0, 0.05) is 19.6 Å². The van der Waals surface area contributed by atoms with Gasteiger partial charge < -0.3 is 14.7 Å². The van der Waals surface area contributed by atoms with Crippen LogP contribution in [-0.4, -0.2) is 34.2 Å². The summed E-state index contributed by atoms with van der Waals surface area (Å²) in [4.78, 5) is 18.4. The summed E-state index contributed by atoms with van der Waals surface area (Å²) in [5, 5.41) is 6.71. The summed E-state index contributed by atoms with van der Waals surface area (Å²) in [7, 11) is 0. The van der Waals surface area contributed by atoms with Crippen molar-refractivity contribution < 1.29 is 13.7 Å². The second-order valence-electron chi connectivity index (χ2n) is 6.21. The van der Waals surface area contributed by atoms with Crippen LogP contribution in [0.4, 0.5) is 9.18 Å². The topological polar surface area (TPSA) is 71.3 Å². The van der Waals surface area contributed by atoms with Crippen LogP contribution in [0.5, 0.6) is 0 Å². The van der Waals surface area contributed by atoms with Crippen LogP contribution in [0.15, 0.2) is 22.7 Å². The van der Waals surface area contributed by atoms with E-state index in [0.29, 0.717) is 36.9 Å². The average molecular weight is 332 g/mol. The van der Waals surface area contributed by atoms with Gasteiger partial charge >= 0.3 is 6.03 Å². The quantitative estimate of drug-likeness (QED) is 0.938. The molecule has 7 heteroatoms. The number of likely N-dealkylation sites (tertiary alicyclic amines) is 1. The van der Waals surface area contributed by atoms with Gasteiger partial charge in [-0.05, 0) is 43.9 Å². The Labute approximate surface area is 140 Å². The fourth-order valence-corrected chi connectivity index (χ4v) is 2.95. The van der Waals surface area contributed by atoms with Crippen LogP contribution in [0.1, 0.15) is 41.6 Å². The highest BCUT2D eigenvalue weighted by atomic mass is 19.1. The summed E-state index contributed by atoms with van der Waals surface area (Å²) >= 11 is 0. The second-order valence-corrected chi connectivity index (χ2v) is 6.21. The van der Waals surface area contributed by atoms with Crippen LogP contribution in [0, 0.1) is 19.7 Å². The van der Waals surface area contributed by atoms with Crippen molar-refractivity contribution >= 4 is 6.03 Å². The molecule has 0 bridgehead atoms. The van der Waals surface area contributed by atoms with Crippen molar-refractivity contribution in [2.24, 2.45) is 0 Å². The molecule has 6 nitrogen and oxygen atoms in total. The van der Waals surface area contributed by atoms with E-state index in [9.17, 15) is 9.18 Å². The van der Waals surface area contributed by atoms with Gasteiger partial charge in [-0.25, -0.2) is 9.18 Å². The lowest BCUT2D eigenvalue weighted by atomic mass is 9.98. The van der Waals surface area contributed by atoms with Gasteiger partial charge in [-0.15, -0.1) is 0 Å². The third kappa shape index (κ3) is 3.72. The second kappa shape index (κ2) is 6.98. The van der Waals surface area contributed by atoms with Crippen LogP contribution >= 0.6 is 0 Å². The maximum absolute atomic E-state index is 13.3. The normalized spacial score (nSPS) is 17.8. The predicted octanol–water partition coefficient (Wildman–Crippen LogP) is 2.91. The summed E-state index contributed by atoms with van der Waals surface area (Å²) in [6.07, 6.45) is 1.83. The Morgan fingerprint density at radius 2 is 2.29 bits per heavy atom. The van der Waals surface area contributed by atoms with Gasteiger partial charge in [0.1, 0.15) is 5.82 Å². The number of nitrogens with one attached hydrogen (secondary N) is 1. The first-order chi connectivity index (χ1) is 11.5. The molecule has 1 N–H and O–H groups in total. The fourth-order valence-electron chi connectivity index (χ4n) is 2.95. The zero-order valence-corrected chi connectivity index (χ0v) is 13.9. The number of carbonyl (C=O) groups excluding carboxylic acids is 1. The number of carbonyl (C=O) groups is 1. The Kier molecular flexibility index (Phi) is 4.78. The van der Waals surface area contributed by atoms with E-state index in [1.54, 1.807) is 30.9 Å². The smallest absolute Gasteiger partial charge is 0.317 e. The molecule has 24 heavy (non-hydrogen) atoms. The zero-order chi connectivity index (χ0) is 17.1. The first kappa shape index (κ1) is 16.4.